The maximum Gasteiger partial charge on any atom is 0.115 e. The summed E-state index contributed by atoms with van der Waals surface area (Å²) in [6.07, 6.45) is 0.982. The van der Waals surface area contributed by atoms with Crippen molar-refractivity contribution in [3.05, 3.63) is 53.6 Å². The lowest BCUT2D eigenvalue weighted by atomic mass is 10.0. The van der Waals surface area contributed by atoms with Crippen LogP contribution in [0.15, 0.2) is 42.5 Å². The molecule has 0 aromatic heterocycles. The van der Waals surface area contributed by atoms with Gasteiger partial charge in [-0.1, -0.05) is 25.1 Å². The molecule has 0 heterocycles. The van der Waals surface area contributed by atoms with Crippen LogP contribution < -0.4 is 10.2 Å². The van der Waals surface area contributed by atoms with Gasteiger partial charge >= 0.3 is 0 Å². The van der Waals surface area contributed by atoms with Crippen molar-refractivity contribution in [3.8, 4) is 5.75 Å². The third-order valence-electron chi connectivity index (χ3n) is 3.74. The van der Waals surface area contributed by atoms with Crippen molar-refractivity contribution >= 4 is 11.4 Å². The third kappa shape index (κ3) is 3.69. The molecule has 0 bridgehead atoms. The molecule has 2 rings (SSSR count). The molecule has 2 aromatic rings. The molecule has 0 amide bonds. The van der Waals surface area contributed by atoms with Gasteiger partial charge < -0.3 is 15.3 Å². The number of nitrogens with one attached hydrogen (secondary N) is 1. The Morgan fingerprint density at radius 2 is 1.76 bits per heavy atom. The lowest BCUT2D eigenvalue weighted by Gasteiger charge is -2.22. The predicted octanol–water partition coefficient (Wildman–Crippen LogP) is 4.33. The molecule has 3 nitrogen and oxygen atoms in total. The SMILES string of the molecule is CCC(Nc1ccc(C)c(N(C)C)c1)c1ccc(O)cc1. The molecule has 0 aliphatic heterocycles. The molecule has 1 atom stereocenters. The number of nitrogens with zero attached hydrogens (tertiary/aromatic N) is 1. The van der Waals surface area contributed by atoms with E-state index in [0.717, 1.165) is 12.1 Å². The van der Waals surface area contributed by atoms with Gasteiger partial charge in [0.1, 0.15) is 5.75 Å². The van der Waals surface area contributed by atoms with Gasteiger partial charge in [0.15, 0.2) is 0 Å². The van der Waals surface area contributed by atoms with E-state index in [-0.39, 0.29) is 6.04 Å². The molecule has 0 aliphatic carbocycles. The standard InChI is InChI=1S/C18H24N2O/c1-5-17(14-7-10-16(21)11-8-14)19-15-9-6-13(2)18(12-15)20(3)4/h6-12,17,19,21H,5H2,1-4H3. The van der Waals surface area contributed by atoms with Crippen LogP contribution >= 0.6 is 0 Å². The first kappa shape index (κ1) is 15.2. The summed E-state index contributed by atoms with van der Waals surface area (Å²) >= 11 is 0. The number of benzene rings is 2. The molecule has 0 radical (unpaired) electrons. The van der Waals surface area contributed by atoms with Crippen molar-refractivity contribution in [2.45, 2.75) is 26.3 Å². The molecule has 0 fully saturated rings. The van der Waals surface area contributed by atoms with Gasteiger partial charge in [0.25, 0.3) is 0 Å². The van der Waals surface area contributed by atoms with Crippen LogP contribution in [0.5, 0.6) is 5.75 Å². The van der Waals surface area contributed by atoms with E-state index >= 15 is 0 Å². The Bertz CT molecular complexity index is 591. The van der Waals surface area contributed by atoms with Gasteiger partial charge in [0.2, 0.25) is 0 Å². The van der Waals surface area contributed by atoms with Crippen molar-refractivity contribution in [1.29, 1.82) is 0 Å². The van der Waals surface area contributed by atoms with Crippen LogP contribution in [0.25, 0.3) is 0 Å². The first-order valence-electron chi connectivity index (χ1n) is 7.34. The number of phenols is 1. The van der Waals surface area contributed by atoms with E-state index in [4.69, 9.17) is 0 Å². The lowest BCUT2D eigenvalue weighted by Crippen LogP contribution is -2.13. The van der Waals surface area contributed by atoms with Crippen molar-refractivity contribution < 1.29 is 5.11 Å². The fourth-order valence-electron chi connectivity index (χ4n) is 2.51. The first-order chi connectivity index (χ1) is 10.0. The number of rotatable bonds is 5. The summed E-state index contributed by atoms with van der Waals surface area (Å²) in [7, 11) is 4.12. The minimum absolute atomic E-state index is 0.239. The van der Waals surface area contributed by atoms with Gasteiger partial charge in [0.05, 0.1) is 6.04 Å². The number of aromatic hydroxyl groups is 1. The minimum atomic E-state index is 0.239. The number of phenolic OH excluding ortho intramolecular Hbond substituents is 1. The summed E-state index contributed by atoms with van der Waals surface area (Å²) in [6.45, 7) is 4.28. The van der Waals surface area contributed by atoms with Gasteiger partial charge in [0, 0.05) is 25.5 Å². The highest BCUT2D eigenvalue weighted by atomic mass is 16.3. The van der Waals surface area contributed by atoms with Crippen LogP contribution in [-0.2, 0) is 0 Å². The van der Waals surface area contributed by atoms with E-state index in [1.807, 2.05) is 12.1 Å². The van der Waals surface area contributed by atoms with Gasteiger partial charge in [-0.25, -0.2) is 0 Å². The van der Waals surface area contributed by atoms with Crippen LogP contribution in [0.3, 0.4) is 0 Å². The Kier molecular flexibility index (Phi) is 4.73. The van der Waals surface area contributed by atoms with Gasteiger partial charge in [-0.2, -0.15) is 0 Å². The number of anilines is 2. The highest BCUT2D eigenvalue weighted by molar-refractivity contribution is 5.62. The van der Waals surface area contributed by atoms with E-state index < -0.39 is 0 Å². The fourth-order valence-corrected chi connectivity index (χ4v) is 2.51. The van der Waals surface area contributed by atoms with Crippen LogP contribution in [0.2, 0.25) is 0 Å². The summed E-state index contributed by atoms with van der Waals surface area (Å²) < 4.78 is 0. The Hall–Kier alpha value is -2.16. The van der Waals surface area contributed by atoms with Crippen molar-refractivity contribution in [2.24, 2.45) is 0 Å². The zero-order valence-electron chi connectivity index (χ0n) is 13.2. The van der Waals surface area contributed by atoms with Crippen LogP contribution in [0.1, 0.15) is 30.5 Å². The van der Waals surface area contributed by atoms with Crippen LogP contribution in [0, 0.1) is 6.92 Å². The number of aryl methyl sites for hydroxylation is 1. The van der Waals surface area contributed by atoms with Crippen molar-refractivity contribution in [1.82, 2.24) is 0 Å². The van der Waals surface area contributed by atoms with Crippen LogP contribution in [0.4, 0.5) is 11.4 Å². The smallest absolute Gasteiger partial charge is 0.115 e. The molecule has 3 heteroatoms. The number of hydrogen-bond donors (Lipinski definition) is 2. The molecule has 2 N–H and O–H groups in total. The molecule has 112 valence electrons. The topological polar surface area (TPSA) is 35.5 Å². The zero-order valence-corrected chi connectivity index (χ0v) is 13.2. The van der Waals surface area contributed by atoms with E-state index in [9.17, 15) is 5.11 Å². The lowest BCUT2D eigenvalue weighted by molar-refractivity contribution is 0.475. The Labute approximate surface area is 127 Å². The second kappa shape index (κ2) is 6.53. The second-order valence-corrected chi connectivity index (χ2v) is 5.59. The van der Waals surface area contributed by atoms with E-state index in [1.54, 1.807) is 12.1 Å². The van der Waals surface area contributed by atoms with E-state index in [1.165, 1.54) is 16.8 Å². The molecule has 2 aromatic carbocycles. The fraction of sp³-hybridized carbons (Fsp3) is 0.333. The molecule has 0 saturated carbocycles. The third-order valence-corrected chi connectivity index (χ3v) is 3.74. The summed E-state index contributed by atoms with van der Waals surface area (Å²) in [5, 5.41) is 13.0. The van der Waals surface area contributed by atoms with Crippen molar-refractivity contribution in [2.75, 3.05) is 24.3 Å². The first-order valence-corrected chi connectivity index (χ1v) is 7.34. The quantitative estimate of drug-likeness (QED) is 0.858. The molecule has 0 spiro atoms. The highest BCUT2D eigenvalue weighted by Crippen LogP contribution is 2.28. The summed E-state index contributed by atoms with van der Waals surface area (Å²) in [5.74, 6) is 0.304. The normalized spacial score (nSPS) is 12.0. The van der Waals surface area contributed by atoms with E-state index in [0.29, 0.717) is 5.75 Å². The molecule has 0 saturated heterocycles. The van der Waals surface area contributed by atoms with Crippen molar-refractivity contribution in [3.63, 3.8) is 0 Å². The maximum atomic E-state index is 9.40. The van der Waals surface area contributed by atoms with Gasteiger partial charge in [-0.15, -0.1) is 0 Å². The summed E-state index contributed by atoms with van der Waals surface area (Å²) in [4.78, 5) is 2.13. The van der Waals surface area contributed by atoms with Gasteiger partial charge in [-0.3, -0.25) is 0 Å². The van der Waals surface area contributed by atoms with Gasteiger partial charge in [-0.05, 0) is 48.7 Å². The second-order valence-electron chi connectivity index (χ2n) is 5.59. The number of hydrogen-bond acceptors (Lipinski definition) is 3. The maximum absolute atomic E-state index is 9.40. The average Bonchev–Trinajstić information content (AvgIpc) is 2.47. The molecular weight excluding hydrogens is 260 g/mol. The Balaban J connectivity index is 2.22. The Morgan fingerprint density at radius 3 is 2.33 bits per heavy atom. The minimum Gasteiger partial charge on any atom is -0.508 e. The largest absolute Gasteiger partial charge is 0.508 e. The molecule has 21 heavy (non-hydrogen) atoms. The summed E-state index contributed by atoms with van der Waals surface area (Å²) in [5.41, 5.74) is 4.79. The van der Waals surface area contributed by atoms with Crippen LogP contribution in [-0.4, -0.2) is 19.2 Å². The monoisotopic (exact) mass is 284 g/mol. The van der Waals surface area contributed by atoms with E-state index in [2.05, 4.69) is 56.4 Å². The molecule has 1 unspecified atom stereocenters. The predicted molar refractivity (Wildman–Crippen MR) is 90.3 cm³/mol. The molecular formula is C18H24N2O. The molecule has 0 aliphatic rings. The highest BCUT2D eigenvalue weighted by Gasteiger charge is 2.10. The zero-order chi connectivity index (χ0) is 15.4. The summed E-state index contributed by atoms with van der Waals surface area (Å²) in [6, 6.07) is 14.1. The Morgan fingerprint density at radius 1 is 1.10 bits per heavy atom. The average molecular weight is 284 g/mol.